The van der Waals surface area contributed by atoms with E-state index in [2.05, 4.69) is 15.0 Å². The van der Waals surface area contributed by atoms with Crippen molar-refractivity contribution in [2.24, 2.45) is 0 Å². The summed E-state index contributed by atoms with van der Waals surface area (Å²) >= 11 is 1.43. The summed E-state index contributed by atoms with van der Waals surface area (Å²) in [5.41, 5.74) is 7.19. The number of rotatable bonds is 5. The Morgan fingerprint density at radius 2 is 2.16 bits per heavy atom. The quantitative estimate of drug-likeness (QED) is 0.516. The van der Waals surface area contributed by atoms with Crippen LogP contribution in [-0.2, 0) is 11.2 Å². The van der Waals surface area contributed by atoms with Gasteiger partial charge < -0.3 is 20.7 Å². The second-order valence-electron chi connectivity index (χ2n) is 7.89. The number of hydrogen-bond donors (Lipinski definition) is 3. The zero-order valence-electron chi connectivity index (χ0n) is 17.2. The molecule has 3 aromatic rings. The second kappa shape index (κ2) is 8.43. The van der Waals surface area contributed by atoms with Gasteiger partial charge in [-0.3, -0.25) is 9.78 Å². The van der Waals surface area contributed by atoms with Crippen LogP contribution in [0.2, 0.25) is 0 Å². The summed E-state index contributed by atoms with van der Waals surface area (Å²) in [5.74, 6) is -0.249. The van der Waals surface area contributed by atoms with Gasteiger partial charge in [0.05, 0.1) is 29.7 Å². The molecule has 8 nitrogen and oxygen atoms in total. The largest absolute Gasteiger partial charge is 0.397 e. The molecule has 162 valence electrons. The number of pyridine rings is 2. The minimum absolute atomic E-state index is 0.0302. The third-order valence-electron chi connectivity index (χ3n) is 5.78. The molecule has 0 saturated carbocycles. The van der Waals surface area contributed by atoms with Crippen molar-refractivity contribution in [3.63, 3.8) is 0 Å². The molecule has 1 saturated heterocycles. The molecule has 0 aromatic carbocycles. The Bertz CT molecular complexity index is 1070. The highest BCUT2D eigenvalue weighted by Crippen LogP contribution is 2.38. The summed E-state index contributed by atoms with van der Waals surface area (Å²) < 4.78 is 5.98. The fraction of sp³-hybridized carbons (Fsp3) is 0.364. The summed E-state index contributed by atoms with van der Waals surface area (Å²) in [4.78, 5) is 25.9. The number of aromatic nitrogens is 3. The minimum Gasteiger partial charge on any atom is -0.397 e. The van der Waals surface area contributed by atoms with E-state index in [-0.39, 0.29) is 24.3 Å². The lowest BCUT2D eigenvalue weighted by atomic mass is 9.84. The minimum atomic E-state index is -1.34. The summed E-state index contributed by atoms with van der Waals surface area (Å²) in [6, 6.07) is 5.17. The van der Waals surface area contributed by atoms with Gasteiger partial charge >= 0.3 is 0 Å². The molecule has 0 aliphatic carbocycles. The maximum Gasteiger partial charge on any atom is 0.187 e. The highest BCUT2D eigenvalue weighted by molar-refractivity contribution is 7.13. The molecule has 0 amide bonds. The SMILES string of the molecule is C[C@H]1O[C@@H](c2ccncc2CC(=O)c2nc(-c3nccs3)ccc2N)C[C@@H](O)[C@]1(C)O. The molecular formula is C22H24N4O4S. The monoisotopic (exact) mass is 440 g/mol. The van der Waals surface area contributed by atoms with Crippen LogP contribution in [0, 0.1) is 0 Å². The average molecular weight is 441 g/mol. The number of nitrogens with zero attached hydrogens (tertiary/aromatic N) is 3. The van der Waals surface area contributed by atoms with E-state index in [0.717, 1.165) is 5.56 Å². The third-order valence-corrected chi connectivity index (χ3v) is 6.58. The van der Waals surface area contributed by atoms with E-state index in [1.807, 2.05) is 5.38 Å². The van der Waals surface area contributed by atoms with Crippen molar-refractivity contribution in [2.45, 2.75) is 50.6 Å². The predicted octanol–water partition coefficient (Wildman–Crippen LogP) is 2.57. The zero-order valence-corrected chi connectivity index (χ0v) is 18.0. The van der Waals surface area contributed by atoms with Gasteiger partial charge in [-0.15, -0.1) is 11.3 Å². The van der Waals surface area contributed by atoms with Gasteiger partial charge in [-0.25, -0.2) is 9.97 Å². The lowest BCUT2D eigenvalue weighted by Crippen LogP contribution is -2.54. The van der Waals surface area contributed by atoms with Crippen LogP contribution in [0.25, 0.3) is 10.7 Å². The number of nitrogen functional groups attached to an aromatic ring is 1. The first-order valence-electron chi connectivity index (χ1n) is 9.95. The summed E-state index contributed by atoms with van der Waals surface area (Å²) in [7, 11) is 0. The molecule has 9 heteroatoms. The zero-order chi connectivity index (χ0) is 22.2. The van der Waals surface area contributed by atoms with Gasteiger partial charge in [-0.1, -0.05) is 0 Å². The van der Waals surface area contributed by atoms with Crippen LogP contribution in [0.15, 0.2) is 42.2 Å². The molecule has 1 fully saturated rings. The number of carbonyl (C=O) groups excluding carboxylic acids is 1. The van der Waals surface area contributed by atoms with E-state index >= 15 is 0 Å². The first kappa shape index (κ1) is 21.5. The number of carbonyl (C=O) groups is 1. The van der Waals surface area contributed by atoms with Crippen molar-refractivity contribution in [2.75, 3.05) is 5.73 Å². The molecular weight excluding hydrogens is 416 g/mol. The Hall–Kier alpha value is -2.72. The van der Waals surface area contributed by atoms with Crippen LogP contribution in [-0.4, -0.2) is 48.8 Å². The first-order valence-corrected chi connectivity index (χ1v) is 10.8. The highest BCUT2D eigenvalue weighted by Gasteiger charge is 2.44. The van der Waals surface area contributed by atoms with E-state index in [4.69, 9.17) is 10.5 Å². The molecule has 0 radical (unpaired) electrons. The summed E-state index contributed by atoms with van der Waals surface area (Å²) in [5, 5.41) is 23.4. The van der Waals surface area contributed by atoms with Crippen molar-refractivity contribution in [1.82, 2.24) is 15.0 Å². The van der Waals surface area contributed by atoms with Crippen molar-refractivity contribution < 1.29 is 19.7 Å². The third kappa shape index (κ3) is 4.22. The smallest absolute Gasteiger partial charge is 0.187 e. The molecule has 31 heavy (non-hydrogen) atoms. The topological polar surface area (TPSA) is 131 Å². The Morgan fingerprint density at radius 1 is 1.35 bits per heavy atom. The molecule has 4 atom stereocenters. The van der Waals surface area contributed by atoms with Crippen LogP contribution in [0.5, 0.6) is 0 Å². The molecule has 1 aliphatic rings. The van der Waals surface area contributed by atoms with Gasteiger partial charge in [0.2, 0.25) is 0 Å². The van der Waals surface area contributed by atoms with Crippen molar-refractivity contribution in [1.29, 1.82) is 0 Å². The normalized spacial score (nSPS) is 26.0. The van der Waals surface area contributed by atoms with Gasteiger partial charge in [0.25, 0.3) is 0 Å². The van der Waals surface area contributed by atoms with Crippen LogP contribution in [0.1, 0.15) is 48.0 Å². The highest BCUT2D eigenvalue weighted by atomic mass is 32.1. The van der Waals surface area contributed by atoms with Gasteiger partial charge in [0.15, 0.2) is 5.78 Å². The molecule has 4 heterocycles. The van der Waals surface area contributed by atoms with Crippen LogP contribution in [0.4, 0.5) is 5.69 Å². The maximum absolute atomic E-state index is 13.1. The van der Waals surface area contributed by atoms with Gasteiger partial charge in [0, 0.05) is 36.8 Å². The Kier molecular flexibility index (Phi) is 5.85. The van der Waals surface area contributed by atoms with E-state index < -0.39 is 23.9 Å². The van der Waals surface area contributed by atoms with Crippen molar-refractivity contribution >= 4 is 22.8 Å². The molecule has 3 aromatic heterocycles. The Balaban J connectivity index is 1.60. The Labute approximate surface area is 183 Å². The second-order valence-corrected chi connectivity index (χ2v) is 8.78. The van der Waals surface area contributed by atoms with Gasteiger partial charge in [-0.05, 0) is 43.2 Å². The summed E-state index contributed by atoms with van der Waals surface area (Å²) in [6.07, 6.45) is 3.15. The number of thiazole rings is 1. The standard InChI is InChI=1S/C22H24N4O4S/c1-12-22(2,29)19(28)10-18(30-12)14-5-6-24-11-13(14)9-17(27)20-15(23)3-4-16(26-20)21-25-7-8-31-21/h3-8,11-12,18-19,28-29H,9-10,23H2,1-2H3/t12-,18-,19-,22-/m1/s1. The Morgan fingerprint density at radius 3 is 2.87 bits per heavy atom. The van der Waals surface area contributed by atoms with E-state index in [0.29, 0.717) is 22.0 Å². The van der Waals surface area contributed by atoms with Crippen molar-refractivity contribution in [3.8, 4) is 10.7 Å². The van der Waals surface area contributed by atoms with E-state index in [9.17, 15) is 15.0 Å². The summed E-state index contributed by atoms with van der Waals surface area (Å²) in [6.45, 7) is 3.27. The maximum atomic E-state index is 13.1. The average Bonchev–Trinajstić information content (AvgIpc) is 3.27. The van der Waals surface area contributed by atoms with Gasteiger partial charge in [0.1, 0.15) is 16.3 Å². The number of hydrogen-bond acceptors (Lipinski definition) is 9. The lowest BCUT2D eigenvalue weighted by molar-refractivity contribution is -0.215. The predicted molar refractivity (Wildman–Crippen MR) is 117 cm³/mol. The number of Topliss-reactive ketones (excluding diaryl/α,β-unsaturated/α-hetero) is 1. The number of ether oxygens (including phenoxy) is 1. The van der Waals surface area contributed by atoms with Crippen LogP contribution < -0.4 is 5.73 Å². The molecule has 0 unspecified atom stereocenters. The van der Waals surface area contributed by atoms with E-state index in [1.54, 1.807) is 50.6 Å². The molecule has 4 N–H and O–H groups in total. The van der Waals surface area contributed by atoms with Crippen LogP contribution in [0.3, 0.4) is 0 Å². The molecule has 1 aliphatic heterocycles. The fourth-order valence-corrected chi connectivity index (χ4v) is 4.28. The van der Waals surface area contributed by atoms with Gasteiger partial charge in [-0.2, -0.15) is 0 Å². The number of nitrogens with two attached hydrogens (primary N) is 1. The lowest BCUT2D eigenvalue weighted by Gasteiger charge is -2.43. The first-order chi connectivity index (χ1) is 14.8. The molecule has 0 bridgehead atoms. The number of aliphatic hydroxyl groups excluding tert-OH is 1. The van der Waals surface area contributed by atoms with E-state index in [1.165, 1.54) is 11.3 Å². The number of ketones is 1. The molecule has 4 rings (SSSR count). The fourth-order valence-electron chi connectivity index (χ4n) is 3.67. The van der Waals surface area contributed by atoms with Crippen LogP contribution >= 0.6 is 11.3 Å². The van der Waals surface area contributed by atoms with Crippen molar-refractivity contribution in [3.05, 3.63) is 59.0 Å². The molecule has 0 spiro atoms. The number of aliphatic hydroxyl groups is 2. The number of anilines is 1.